The normalized spacial score (nSPS) is 20.9. The molecule has 0 aromatic carbocycles. The second-order valence-corrected chi connectivity index (χ2v) is 7.65. The van der Waals surface area contributed by atoms with E-state index in [-0.39, 0.29) is 6.09 Å². The molecule has 1 amide bonds. The van der Waals surface area contributed by atoms with Crippen molar-refractivity contribution in [2.75, 3.05) is 31.1 Å². The van der Waals surface area contributed by atoms with Crippen LogP contribution in [0, 0.1) is 5.21 Å². The van der Waals surface area contributed by atoms with E-state index in [9.17, 15) is 10.0 Å². The van der Waals surface area contributed by atoms with Crippen molar-refractivity contribution in [1.82, 2.24) is 9.88 Å². The van der Waals surface area contributed by atoms with Gasteiger partial charge in [-0.05, 0) is 38.1 Å². The minimum absolute atomic E-state index is 0.265. The fourth-order valence-electron chi connectivity index (χ4n) is 3.42. The quantitative estimate of drug-likeness (QED) is 0.579. The molecule has 7 heteroatoms. The summed E-state index contributed by atoms with van der Waals surface area (Å²) < 4.78 is 6.34. The van der Waals surface area contributed by atoms with Gasteiger partial charge in [-0.2, -0.15) is 0 Å². The number of carbonyl (C=O) groups is 1. The first-order valence-electron chi connectivity index (χ1n) is 8.60. The van der Waals surface area contributed by atoms with Gasteiger partial charge in [-0.1, -0.05) is 6.92 Å². The van der Waals surface area contributed by atoms with E-state index in [1.165, 1.54) is 6.33 Å². The number of hydrogen-bond acceptors (Lipinski definition) is 5. The molecule has 2 aliphatic rings. The van der Waals surface area contributed by atoms with E-state index in [4.69, 9.17) is 4.74 Å². The van der Waals surface area contributed by atoms with Gasteiger partial charge < -0.3 is 19.7 Å². The maximum atomic E-state index is 12.2. The minimum Gasteiger partial charge on any atom is -0.711 e. The van der Waals surface area contributed by atoms with Crippen molar-refractivity contribution in [3.8, 4) is 0 Å². The molecule has 7 nitrogen and oxygen atoms in total. The van der Waals surface area contributed by atoms with Gasteiger partial charge in [-0.25, -0.2) is 9.52 Å². The maximum Gasteiger partial charge on any atom is 0.410 e. The fourth-order valence-corrected chi connectivity index (χ4v) is 3.42. The summed E-state index contributed by atoms with van der Waals surface area (Å²) in [4.78, 5) is 20.5. The Bertz CT molecular complexity index is 633. The molecule has 24 heavy (non-hydrogen) atoms. The fraction of sp³-hybridized carbons (Fsp3) is 0.706. The van der Waals surface area contributed by atoms with Crippen LogP contribution in [0.1, 0.15) is 51.3 Å². The van der Waals surface area contributed by atoms with E-state index in [1.54, 1.807) is 4.90 Å². The molecule has 0 bridgehead atoms. The second-order valence-electron chi connectivity index (χ2n) is 7.65. The van der Waals surface area contributed by atoms with Crippen LogP contribution in [-0.2, 0) is 11.2 Å². The summed E-state index contributed by atoms with van der Waals surface area (Å²) in [7, 11) is 0. The Kier molecular flexibility index (Phi) is 4.27. The van der Waals surface area contributed by atoms with Crippen LogP contribution >= 0.6 is 0 Å². The van der Waals surface area contributed by atoms with Crippen LogP contribution in [0.2, 0.25) is 0 Å². The summed E-state index contributed by atoms with van der Waals surface area (Å²) in [6, 6.07) is 0. The third-order valence-corrected chi connectivity index (χ3v) is 4.64. The number of aromatic nitrogens is 2. The highest BCUT2D eigenvalue weighted by Crippen LogP contribution is 2.36. The molecular weight excluding hydrogens is 308 g/mol. The van der Waals surface area contributed by atoms with Crippen LogP contribution < -0.4 is 9.63 Å². The summed E-state index contributed by atoms with van der Waals surface area (Å²) in [5.74, 6) is 1.26. The lowest BCUT2D eigenvalue weighted by atomic mass is 10.1. The number of anilines is 1. The average molecular weight is 334 g/mol. The monoisotopic (exact) mass is 334 g/mol. The number of amides is 1. The van der Waals surface area contributed by atoms with Gasteiger partial charge in [0.05, 0.1) is 5.56 Å². The first-order chi connectivity index (χ1) is 11.3. The minimum atomic E-state index is -0.479. The SMILES string of the molecule is CC1CCc2c1c(N1CCN(C(=O)OC(C)(C)C)CC1)nc[n+]2[O-]. The number of hydrogen-bond donors (Lipinski definition) is 0. The molecule has 1 aromatic heterocycles. The Morgan fingerprint density at radius 3 is 2.62 bits per heavy atom. The molecule has 3 rings (SSSR count). The first-order valence-corrected chi connectivity index (χ1v) is 8.60. The van der Waals surface area contributed by atoms with E-state index < -0.39 is 5.60 Å². The molecule has 132 valence electrons. The molecular formula is C17H26N4O3. The van der Waals surface area contributed by atoms with E-state index in [2.05, 4.69) is 16.8 Å². The highest BCUT2D eigenvalue weighted by molar-refractivity contribution is 5.68. The second kappa shape index (κ2) is 6.11. The zero-order valence-electron chi connectivity index (χ0n) is 14.9. The van der Waals surface area contributed by atoms with Crippen LogP contribution in [0.5, 0.6) is 0 Å². The summed E-state index contributed by atoms with van der Waals surface area (Å²) in [5, 5.41) is 11.9. The number of nitrogens with zero attached hydrogens (tertiary/aromatic N) is 4. The number of fused-ring (bicyclic) bond motifs is 1. The number of carbonyl (C=O) groups excluding carboxylic acids is 1. The van der Waals surface area contributed by atoms with E-state index in [0.29, 0.717) is 32.1 Å². The zero-order chi connectivity index (χ0) is 17.5. The van der Waals surface area contributed by atoms with Crippen LogP contribution in [-0.4, -0.2) is 47.8 Å². The average Bonchev–Trinajstić information content (AvgIpc) is 2.90. The van der Waals surface area contributed by atoms with Crippen molar-refractivity contribution in [3.63, 3.8) is 0 Å². The van der Waals surface area contributed by atoms with Gasteiger partial charge in [0.25, 0.3) is 6.33 Å². The Balaban J connectivity index is 1.70. The molecule has 1 atom stereocenters. The lowest BCUT2D eigenvalue weighted by Gasteiger charge is -2.35. The van der Waals surface area contributed by atoms with Crippen molar-refractivity contribution in [2.45, 2.75) is 52.1 Å². The predicted molar refractivity (Wildman–Crippen MR) is 90.0 cm³/mol. The number of rotatable bonds is 1. The van der Waals surface area contributed by atoms with Gasteiger partial charge in [0.1, 0.15) is 11.3 Å². The van der Waals surface area contributed by atoms with Crippen LogP contribution in [0.3, 0.4) is 0 Å². The molecule has 1 aliphatic heterocycles. The first kappa shape index (κ1) is 16.8. The highest BCUT2D eigenvalue weighted by atomic mass is 16.6. The topological polar surface area (TPSA) is 72.6 Å². The van der Waals surface area contributed by atoms with Gasteiger partial charge in [-0.3, -0.25) is 0 Å². The molecule has 1 fully saturated rings. The van der Waals surface area contributed by atoms with Gasteiger partial charge in [-0.15, -0.1) is 0 Å². The van der Waals surface area contributed by atoms with Crippen LogP contribution in [0.15, 0.2) is 6.33 Å². The third-order valence-electron chi connectivity index (χ3n) is 4.64. The molecule has 1 saturated heterocycles. The Morgan fingerprint density at radius 2 is 2.00 bits per heavy atom. The maximum absolute atomic E-state index is 12.2. The molecule has 0 saturated carbocycles. The molecule has 0 N–H and O–H groups in total. The number of piperazine rings is 1. The standard InChI is InChI=1S/C17H26N4O3/c1-12-5-6-13-14(12)15(18-11-21(13)23)19-7-9-20(10-8-19)16(22)24-17(2,3)4/h11-12H,5-10H2,1-4H3. The van der Waals surface area contributed by atoms with Gasteiger partial charge in [0, 0.05) is 32.6 Å². The molecule has 0 spiro atoms. The Hall–Kier alpha value is -2.05. The van der Waals surface area contributed by atoms with Gasteiger partial charge in [0.2, 0.25) is 5.82 Å². The smallest absolute Gasteiger partial charge is 0.410 e. The van der Waals surface area contributed by atoms with Gasteiger partial charge in [0.15, 0.2) is 0 Å². The van der Waals surface area contributed by atoms with Crippen LogP contribution in [0.4, 0.5) is 10.6 Å². The molecule has 0 radical (unpaired) electrons. The molecule has 1 aromatic rings. The van der Waals surface area contributed by atoms with Crippen molar-refractivity contribution in [3.05, 3.63) is 22.8 Å². The Morgan fingerprint density at radius 1 is 1.33 bits per heavy atom. The van der Waals surface area contributed by atoms with Crippen molar-refractivity contribution in [1.29, 1.82) is 0 Å². The lowest BCUT2D eigenvalue weighted by Crippen LogP contribution is -2.50. The molecule has 2 heterocycles. The summed E-state index contributed by atoms with van der Waals surface area (Å²) in [6.07, 6.45) is 2.91. The summed E-state index contributed by atoms with van der Waals surface area (Å²) in [5.41, 5.74) is 1.45. The van der Waals surface area contributed by atoms with Crippen molar-refractivity contribution in [2.24, 2.45) is 0 Å². The zero-order valence-corrected chi connectivity index (χ0v) is 14.9. The molecule has 1 unspecified atom stereocenters. The largest absolute Gasteiger partial charge is 0.711 e. The summed E-state index contributed by atoms with van der Waals surface area (Å²) >= 11 is 0. The third kappa shape index (κ3) is 3.25. The predicted octanol–water partition coefficient (Wildman–Crippen LogP) is 1.82. The van der Waals surface area contributed by atoms with E-state index >= 15 is 0 Å². The van der Waals surface area contributed by atoms with Crippen molar-refractivity contribution >= 4 is 11.9 Å². The number of ether oxygens (including phenoxy) is 1. The lowest BCUT2D eigenvalue weighted by molar-refractivity contribution is -0.616. The van der Waals surface area contributed by atoms with E-state index in [0.717, 1.165) is 34.6 Å². The van der Waals surface area contributed by atoms with Gasteiger partial charge >= 0.3 is 6.09 Å². The summed E-state index contributed by atoms with van der Waals surface area (Å²) in [6.45, 7) is 10.4. The van der Waals surface area contributed by atoms with E-state index in [1.807, 2.05) is 20.8 Å². The Labute approximate surface area is 142 Å². The highest BCUT2D eigenvalue weighted by Gasteiger charge is 2.34. The molecule has 1 aliphatic carbocycles. The van der Waals surface area contributed by atoms with Crippen LogP contribution in [0.25, 0.3) is 0 Å². The van der Waals surface area contributed by atoms with Crippen molar-refractivity contribution < 1.29 is 14.3 Å².